The van der Waals surface area contributed by atoms with E-state index in [1.165, 1.54) is 66.0 Å². The van der Waals surface area contributed by atoms with E-state index in [0.717, 1.165) is 33.2 Å². The molecular weight excluding hydrogens is 693 g/mol. The van der Waals surface area contributed by atoms with Gasteiger partial charge in [0.2, 0.25) is 0 Å². The van der Waals surface area contributed by atoms with Gasteiger partial charge in [0.05, 0.1) is 16.7 Å². The molecule has 0 amide bonds. The monoisotopic (exact) mass is 724 g/mol. The van der Waals surface area contributed by atoms with Crippen LogP contribution in [0.2, 0.25) is 0 Å². The fourth-order valence-electron chi connectivity index (χ4n) is 9.12. The summed E-state index contributed by atoms with van der Waals surface area (Å²) in [5.41, 5.74) is 13.8. The number of benzene rings is 9. The molecule has 11 aromatic rings. The molecule has 0 unspecified atom stereocenters. The van der Waals surface area contributed by atoms with Crippen molar-refractivity contribution in [2.24, 2.45) is 0 Å². The molecule has 0 atom stereocenters. The van der Waals surface area contributed by atoms with Gasteiger partial charge in [0, 0.05) is 38.4 Å². The highest BCUT2D eigenvalue weighted by atomic mass is 15.0. The average Bonchev–Trinajstić information content (AvgIpc) is 3.58. The highest BCUT2D eigenvalue weighted by molar-refractivity contribution is 6.33. The summed E-state index contributed by atoms with van der Waals surface area (Å²) in [4.78, 5) is 15.3. The summed E-state index contributed by atoms with van der Waals surface area (Å²) in [5.74, 6) is 1.93. The van der Waals surface area contributed by atoms with Gasteiger partial charge in [-0.2, -0.15) is 0 Å². The zero-order valence-electron chi connectivity index (χ0n) is 30.8. The van der Waals surface area contributed by atoms with E-state index in [2.05, 4.69) is 162 Å². The summed E-state index contributed by atoms with van der Waals surface area (Å²) >= 11 is 0. The Hall–Kier alpha value is -7.69. The van der Waals surface area contributed by atoms with Crippen LogP contribution in [0.25, 0.3) is 117 Å². The maximum Gasteiger partial charge on any atom is 0.164 e. The number of nitrogens with zero attached hydrogens (tertiary/aromatic N) is 4. The lowest BCUT2D eigenvalue weighted by atomic mass is 9.91. The first-order valence-electron chi connectivity index (χ1n) is 19.4. The van der Waals surface area contributed by atoms with Gasteiger partial charge in [-0.05, 0) is 68.2 Å². The third-order valence-corrected chi connectivity index (χ3v) is 11.6. The normalized spacial score (nSPS) is 11.9. The topological polar surface area (TPSA) is 43.6 Å². The Morgan fingerprint density at radius 3 is 1.51 bits per heavy atom. The van der Waals surface area contributed by atoms with Gasteiger partial charge in [-0.15, -0.1) is 0 Å². The maximum atomic E-state index is 5.15. The Morgan fingerprint density at radius 1 is 0.316 bits per heavy atom. The molecule has 1 aliphatic carbocycles. The summed E-state index contributed by atoms with van der Waals surface area (Å²) in [5, 5.41) is 7.29. The van der Waals surface area contributed by atoms with Crippen molar-refractivity contribution in [1.82, 2.24) is 19.5 Å². The molecule has 1 aliphatic rings. The first-order chi connectivity index (χ1) is 28.3. The van der Waals surface area contributed by atoms with Crippen molar-refractivity contribution in [3.8, 4) is 73.2 Å². The molecule has 0 aliphatic heterocycles. The Kier molecular flexibility index (Phi) is 6.89. The molecule has 12 rings (SSSR count). The Balaban J connectivity index is 1.20. The summed E-state index contributed by atoms with van der Waals surface area (Å²) < 4.78 is 2.52. The van der Waals surface area contributed by atoms with Gasteiger partial charge in [0.15, 0.2) is 17.5 Å². The van der Waals surface area contributed by atoms with Gasteiger partial charge >= 0.3 is 0 Å². The van der Waals surface area contributed by atoms with E-state index in [4.69, 9.17) is 15.0 Å². The van der Waals surface area contributed by atoms with E-state index < -0.39 is 0 Å². The highest BCUT2D eigenvalue weighted by Gasteiger charge is 2.28. The van der Waals surface area contributed by atoms with E-state index in [1.807, 2.05) is 36.4 Å². The molecule has 4 nitrogen and oxygen atoms in total. The molecule has 0 saturated carbocycles. The summed E-state index contributed by atoms with van der Waals surface area (Å²) in [6, 6.07) is 69.2. The van der Waals surface area contributed by atoms with Crippen LogP contribution in [0.3, 0.4) is 0 Å². The first kappa shape index (κ1) is 31.6. The third kappa shape index (κ3) is 4.77. The van der Waals surface area contributed by atoms with Crippen LogP contribution in [0, 0.1) is 0 Å². The van der Waals surface area contributed by atoms with Crippen LogP contribution in [0.4, 0.5) is 0 Å². The third-order valence-electron chi connectivity index (χ3n) is 11.6. The Morgan fingerprint density at radius 2 is 0.842 bits per heavy atom. The lowest BCUT2D eigenvalue weighted by molar-refractivity contribution is 1.08. The van der Waals surface area contributed by atoms with Gasteiger partial charge in [-0.25, -0.2) is 15.0 Å². The number of hydrogen-bond donors (Lipinski definition) is 0. The van der Waals surface area contributed by atoms with Gasteiger partial charge in [0.1, 0.15) is 0 Å². The van der Waals surface area contributed by atoms with Crippen LogP contribution in [0.15, 0.2) is 194 Å². The van der Waals surface area contributed by atoms with E-state index in [-0.39, 0.29) is 0 Å². The molecular formula is C53H32N4. The average molecular weight is 725 g/mol. The molecule has 2 aromatic heterocycles. The van der Waals surface area contributed by atoms with Gasteiger partial charge in [-0.3, -0.25) is 0 Å². The van der Waals surface area contributed by atoms with Crippen molar-refractivity contribution < 1.29 is 0 Å². The minimum Gasteiger partial charge on any atom is -0.308 e. The SMILES string of the molecule is c1ccc(-c2nc(-c3ccccc3)nc(-c3ccc(-n4c5cccc6c5c5c7c(cccc7cc(-c7ccccc7)c54)-c4ccccc4-6)c4ccccc34)n2)cc1. The molecule has 0 fully saturated rings. The van der Waals surface area contributed by atoms with Crippen LogP contribution in [0.5, 0.6) is 0 Å². The van der Waals surface area contributed by atoms with E-state index in [0.29, 0.717) is 17.5 Å². The summed E-state index contributed by atoms with van der Waals surface area (Å²) in [6.45, 7) is 0. The molecule has 0 spiro atoms. The van der Waals surface area contributed by atoms with Crippen molar-refractivity contribution in [2.45, 2.75) is 0 Å². The minimum atomic E-state index is 0.640. The van der Waals surface area contributed by atoms with Crippen LogP contribution in [-0.2, 0) is 0 Å². The number of fused-ring (bicyclic) bond motifs is 4. The van der Waals surface area contributed by atoms with Crippen molar-refractivity contribution >= 4 is 43.4 Å². The standard InChI is InChI=1S/C53H32N4/c1-4-16-33(17-5-1)44-32-36-22-14-27-41-37-23-10-11-24-38(37)42-28-15-29-46-48(42)49(47(36)41)50(44)57(46)45-31-30-43(39-25-12-13-26-40(39)45)53-55-51(34-18-6-2-7-19-34)54-52(56-53)35-20-8-3-9-21-35/h1-32H. The number of hydrogen-bond acceptors (Lipinski definition) is 3. The zero-order chi connectivity index (χ0) is 37.5. The molecule has 9 aromatic carbocycles. The van der Waals surface area contributed by atoms with Crippen LogP contribution in [-0.4, -0.2) is 19.5 Å². The molecule has 0 N–H and O–H groups in total. The van der Waals surface area contributed by atoms with Crippen LogP contribution in [0.1, 0.15) is 0 Å². The molecule has 0 saturated heterocycles. The van der Waals surface area contributed by atoms with E-state index >= 15 is 0 Å². The van der Waals surface area contributed by atoms with Crippen LogP contribution < -0.4 is 0 Å². The maximum absolute atomic E-state index is 5.15. The smallest absolute Gasteiger partial charge is 0.164 e. The van der Waals surface area contributed by atoms with Crippen molar-refractivity contribution in [3.05, 3.63) is 194 Å². The van der Waals surface area contributed by atoms with Gasteiger partial charge < -0.3 is 4.57 Å². The molecule has 2 heterocycles. The molecule has 4 heteroatoms. The molecule has 264 valence electrons. The highest BCUT2D eigenvalue weighted by Crippen LogP contribution is 2.52. The predicted octanol–water partition coefficient (Wildman–Crippen LogP) is 13.6. The van der Waals surface area contributed by atoms with Crippen molar-refractivity contribution in [1.29, 1.82) is 0 Å². The lowest BCUT2D eigenvalue weighted by Gasteiger charge is -2.18. The second-order valence-corrected chi connectivity index (χ2v) is 14.7. The second-order valence-electron chi connectivity index (χ2n) is 14.7. The van der Waals surface area contributed by atoms with E-state index in [9.17, 15) is 0 Å². The second kappa shape index (κ2) is 12.4. The largest absolute Gasteiger partial charge is 0.308 e. The Labute approximate surface area is 329 Å². The molecule has 0 bridgehead atoms. The fourth-order valence-corrected chi connectivity index (χ4v) is 9.12. The van der Waals surface area contributed by atoms with E-state index in [1.54, 1.807) is 0 Å². The Bertz CT molecular complexity index is 3330. The van der Waals surface area contributed by atoms with Crippen molar-refractivity contribution in [2.75, 3.05) is 0 Å². The van der Waals surface area contributed by atoms with Gasteiger partial charge in [0.25, 0.3) is 0 Å². The van der Waals surface area contributed by atoms with Crippen molar-refractivity contribution in [3.63, 3.8) is 0 Å². The van der Waals surface area contributed by atoms with Crippen LogP contribution >= 0.6 is 0 Å². The first-order valence-corrected chi connectivity index (χ1v) is 19.4. The van der Waals surface area contributed by atoms with Gasteiger partial charge in [-0.1, -0.05) is 170 Å². The summed E-state index contributed by atoms with van der Waals surface area (Å²) in [6.07, 6.45) is 0. The quantitative estimate of drug-likeness (QED) is 0.177. The molecule has 0 radical (unpaired) electrons. The number of rotatable bonds is 5. The fraction of sp³-hybridized carbons (Fsp3) is 0. The minimum absolute atomic E-state index is 0.640. The molecule has 57 heavy (non-hydrogen) atoms. The zero-order valence-corrected chi connectivity index (χ0v) is 30.8. The predicted molar refractivity (Wildman–Crippen MR) is 235 cm³/mol. The summed E-state index contributed by atoms with van der Waals surface area (Å²) in [7, 11) is 0. The number of aromatic nitrogens is 4. The lowest BCUT2D eigenvalue weighted by Crippen LogP contribution is -2.02.